The number of carbonyl (C=O) groups is 2. The van der Waals surface area contributed by atoms with Gasteiger partial charge in [0.25, 0.3) is 0 Å². The summed E-state index contributed by atoms with van der Waals surface area (Å²) in [5.74, 6) is 3.37. The van der Waals surface area contributed by atoms with E-state index in [-0.39, 0.29) is 11.1 Å². The minimum atomic E-state index is -1.02. The highest BCUT2D eigenvalue weighted by Crippen LogP contribution is 2.56. The molecule has 0 saturated carbocycles. The number of terminal acetylenes is 2. The van der Waals surface area contributed by atoms with E-state index < -0.39 is 17.4 Å². The van der Waals surface area contributed by atoms with Crippen LogP contribution in [0.1, 0.15) is 54.1 Å². The van der Waals surface area contributed by atoms with Gasteiger partial charge in [-0.3, -0.25) is 0 Å². The summed E-state index contributed by atoms with van der Waals surface area (Å²) in [6.45, 7) is 0. The summed E-state index contributed by atoms with van der Waals surface area (Å²) in [6, 6.07) is 25.1. The van der Waals surface area contributed by atoms with Gasteiger partial charge in [0.1, 0.15) is 0 Å². The monoisotopic (exact) mass is 454 g/mol. The average Bonchev–Trinajstić information content (AvgIpc) is 3.18. The number of rotatable bonds is 4. The van der Waals surface area contributed by atoms with E-state index in [9.17, 15) is 19.8 Å². The van der Waals surface area contributed by atoms with Crippen LogP contribution in [0, 0.1) is 24.7 Å². The average molecular weight is 454 g/mol. The SMILES string of the molecule is C#Cc1ccc2c(c1)C(c1ccc(C(=O)O)cc1)(c1ccc(C(=O)O)cc1)c1cc(C#C)ccc1-2. The molecule has 1 aliphatic carbocycles. The van der Waals surface area contributed by atoms with Crippen LogP contribution in [0.25, 0.3) is 11.1 Å². The molecular formula is C31H18O4. The Morgan fingerprint density at radius 1 is 0.600 bits per heavy atom. The lowest BCUT2D eigenvalue weighted by molar-refractivity contribution is 0.0686. The van der Waals surface area contributed by atoms with Crippen molar-refractivity contribution in [2.45, 2.75) is 5.41 Å². The zero-order valence-electron chi connectivity index (χ0n) is 18.4. The largest absolute Gasteiger partial charge is 0.478 e. The molecule has 2 N–H and O–H groups in total. The molecule has 0 atom stereocenters. The molecule has 35 heavy (non-hydrogen) atoms. The summed E-state index contributed by atoms with van der Waals surface area (Å²) >= 11 is 0. The molecule has 4 nitrogen and oxygen atoms in total. The topological polar surface area (TPSA) is 74.6 Å². The van der Waals surface area contributed by atoms with E-state index >= 15 is 0 Å². The number of hydrogen-bond donors (Lipinski definition) is 2. The fourth-order valence-electron chi connectivity index (χ4n) is 5.02. The zero-order chi connectivity index (χ0) is 24.7. The molecule has 0 spiro atoms. The minimum Gasteiger partial charge on any atom is -0.478 e. The van der Waals surface area contributed by atoms with Crippen molar-refractivity contribution in [1.82, 2.24) is 0 Å². The molecule has 0 saturated heterocycles. The molecule has 166 valence electrons. The van der Waals surface area contributed by atoms with Crippen molar-refractivity contribution in [2.24, 2.45) is 0 Å². The molecule has 4 aromatic carbocycles. The number of hydrogen-bond acceptors (Lipinski definition) is 2. The smallest absolute Gasteiger partial charge is 0.335 e. The Labute approximate surface area is 202 Å². The van der Waals surface area contributed by atoms with Crippen LogP contribution >= 0.6 is 0 Å². The lowest BCUT2D eigenvalue weighted by atomic mass is 9.67. The van der Waals surface area contributed by atoms with Crippen LogP contribution in [0.4, 0.5) is 0 Å². The van der Waals surface area contributed by atoms with Crippen LogP contribution in [-0.4, -0.2) is 22.2 Å². The Hall–Kier alpha value is -5.06. The van der Waals surface area contributed by atoms with Crippen molar-refractivity contribution in [1.29, 1.82) is 0 Å². The van der Waals surface area contributed by atoms with Crippen molar-refractivity contribution in [2.75, 3.05) is 0 Å². The molecule has 0 aliphatic heterocycles. The maximum atomic E-state index is 11.5. The van der Waals surface area contributed by atoms with Gasteiger partial charge in [0.05, 0.1) is 16.5 Å². The van der Waals surface area contributed by atoms with Gasteiger partial charge >= 0.3 is 11.9 Å². The predicted molar refractivity (Wildman–Crippen MR) is 134 cm³/mol. The van der Waals surface area contributed by atoms with Gasteiger partial charge < -0.3 is 10.2 Å². The predicted octanol–water partition coefficient (Wildman–Crippen LogP) is 5.41. The quantitative estimate of drug-likeness (QED) is 0.356. The van der Waals surface area contributed by atoms with E-state index in [4.69, 9.17) is 12.8 Å². The molecule has 0 unspecified atom stereocenters. The summed E-state index contributed by atoms with van der Waals surface area (Å²) in [6.07, 6.45) is 11.5. The van der Waals surface area contributed by atoms with Crippen molar-refractivity contribution < 1.29 is 19.8 Å². The van der Waals surface area contributed by atoms with Crippen LogP contribution in [0.2, 0.25) is 0 Å². The highest BCUT2D eigenvalue weighted by Gasteiger charge is 2.46. The maximum absolute atomic E-state index is 11.5. The third kappa shape index (κ3) is 3.21. The molecule has 0 bridgehead atoms. The summed E-state index contributed by atoms with van der Waals surface area (Å²) in [5.41, 5.74) is 6.26. The van der Waals surface area contributed by atoms with Gasteiger partial charge in [0.2, 0.25) is 0 Å². The minimum absolute atomic E-state index is 0.165. The van der Waals surface area contributed by atoms with Gasteiger partial charge in [0, 0.05) is 11.1 Å². The van der Waals surface area contributed by atoms with Gasteiger partial charge in [-0.15, -0.1) is 12.8 Å². The van der Waals surface area contributed by atoms with Crippen LogP contribution in [0.15, 0.2) is 84.9 Å². The molecule has 0 fully saturated rings. The van der Waals surface area contributed by atoms with Crippen LogP contribution < -0.4 is 0 Å². The number of benzene rings is 4. The van der Waals surface area contributed by atoms with E-state index in [1.165, 1.54) is 0 Å². The van der Waals surface area contributed by atoms with Crippen LogP contribution in [-0.2, 0) is 5.41 Å². The van der Waals surface area contributed by atoms with E-state index in [1.807, 2.05) is 36.4 Å². The molecule has 1 aliphatic rings. The van der Waals surface area contributed by atoms with Crippen molar-refractivity contribution in [3.05, 3.63) is 129 Å². The van der Waals surface area contributed by atoms with Gasteiger partial charge in [-0.2, -0.15) is 0 Å². The first-order valence-electron chi connectivity index (χ1n) is 10.8. The van der Waals surface area contributed by atoms with E-state index in [0.717, 1.165) is 33.4 Å². The summed E-state index contributed by atoms with van der Waals surface area (Å²) in [5, 5.41) is 18.9. The summed E-state index contributed by atoms with van der Waals surface area (Å²) < 4.78 is 0. The molecule has 0 aromatic heterocycles. The second-order valence-corrected chi connectivity index (χ2v) is 8.32. The third-order valence-corrected chi connectivity index (χ3v) is 6.60. The number of carboxylic acid groups (broad SMARTS) is 2. The second-order valence-electron chi connectivity index (χ2n) is 8.32. The first-order chi connectivity index (χ1) is 16.9. The Kier molecular flexibility index (Phi) is 5.01. The third-order valence-electron chi connectivity index (χ3n) is 6.60. The Bertz CT molecular complexity index is 1470. The second kappa shape index (κ2) is 8.06. The Morgan fingerprint density at radius 2 is 0.971 bits per heavy atom. The fraction of sp³-hybridized carbons (Fsp3) is 0.0323. The van der Waals surface area contributed by atoms with Crippen LogP contribution in [0.3, 0.4) is 0 Å². The van der Waals surface area contributed by atoms with Crippen molar-refractivity contribution >= 4 is 11.9 Å². The number of aromatic carboxylic acids is 2. The van der Waals surface area contributed by atoms with Crippen LogP contribution in [0.5, 0.6) is 0 Å². The lowest BCUT2D eigenvalue weighted by Gasteiger charge is -2.34. The highest BCUT2D eigenvalue weighted by molar-refractivity contribution is 5.91. The van der Waals surface area contributed by atoms with E-state index in [2.05, 4.69) is 11.8 Å². The Morgan fingerprint density at radius 3 is 1.29 bits per heavy atom. The molecule has 0 amide bonds. The molecular weight excluding hydrogens is 436 g/mol. The Balaban J connectivity index is 1.93. The maximum Gasteiger partial charge on any atom is 0.335 e. The van der Waals surface area contributed by atoms with Gasteiger partial charge in [0.15, 0.2) is 0 Å². The lowest BCUT2D eigenvalue weighted by Crippen LogP contribution is -2.29. The van der Waals surface area contributed by atoms with Gasteiger partial charge in [-0.05, 0) is 81.9 Å². The van der Waals surface area contributed by atoms with E-state index in [0.29, 0.717) is 11.1 Å². The first-order valence-corrected chi connectivity index (χ1v) is 10.8. The normalized spacial score (nSPS) is 12.6. The molecule has 0 radical (unpaired) electrons. The number of fused-ring (bicyclic) bond motifs is 3. The standard InChI is InChI=1S/C31H18O4/c1-3-19-5-15-25-26-16-6-20(4-2)18-28(26)31(27(25)17-19,23-11-7-21(8-12-23)29(32)33)24-13-9-22(10-14-24)30(34)35/h1-2,5-18H,(H,32,33)(H,34,35). The van der Waals surface area contributed by atoms with Crippen molar-refractivity contribution in [3.8, 4) is 35.8 Å². The molecule has 0 heterocycles. The molecule has 4 heteroatoms. The van der Waals surface area contributed by atoms with E-state index in [1.54, 1.807) is 48.5 Å². The molecule has 4 aromatic rings. The fourth-order valence-corrected chi connectivity index (χ4v) is 5.02. The summed E-state index contributed by atoms with van der Waals surface area (Å²) in [4.78, 5) is 23.1. The van der Waals surface area contributed by atoms with Gasteiger partial charge in [-0.25, -0.2) is 9.59 Å². The van der Waals surface area contributed by atoms with Crippen molar-refractivity contribution in [3.63, 3.8) is 0 Å². The first kappa shape index (κ1) is 21.8. The highest BCUT2D eigenvalue weighted by atomic mass is 16.4. The zero-order valence-corrected chi connectivity index (χ0v) is 18.4. The summed E-state index contributed by atoms with van der Waals surface area (Å²) in [7, 11) is 0. The molecule has 5 rings (SSSR count). The van der Waals surface area contributed by atoms with Gasteiger partial charge in [-0.1, -0.05) is 48.2 Å². The number of carboxylic acids is 2.